The summed E-state index contributed by atoms with van der Waals surface area (Å²) in [5.41, 5.74) is -0.329. The number of aromatic nitrogens is 3. The third kappa shape index (κ3) is 2.94. The lowest BCUT2D eigenvalue weighted by atomic mass is 10.1. The third-order valence-electron chi connectivity index (χ3n) is 3.96. The quantitative estimate of drug-likeness (QED) is 0.484. The molecular weight excluding hydrogens is 405 g/mol. The van der Waals surface area contributed by atoms with Gasteiger partial charge in [-0.15, -0.1) is 10.2 Å². The number of halogens is 4. The molecule has 138 valence electrons. The maximum absolute atomic E-state index is 13.0. The van der Waals surface area contributed by atoms with Gasteiger partial charge >= 0.3 is 6.18 Å². The number of hydrogen-bond acceptors (Lipinski definition) is 5. The predicted octanol–water partition coefficient (Wildman–Crippen LogP) is 3.75. The third-order valence-corrected chi connectivity index (χ3v) is 5.16. The van der Waals surface area contributed by atoms with E-state index in [1.165, 1.54) is 0 Å². The van der Waals surface area contributed by atoms with E-state index >= 15 is 0 Å². The highest BCUT2D eigenvalue weighted by Gasteiger charge is 2.36. The van der Waals surface area contributed by atoms with Gasteiger partial charge in [-0.3, -0.25) is 18.9 Å². The molecule has 1 aromatic carbocycles. The number of nitrogens with zero attached hydrogens (tertiary/aromatic N) is 4. The van der Waals surface area contributed by atoms with Crippen molar-refractivity contribution in [3.8, 4) is 0 Å². The van der Waals surface area contributed by atoms with Crippen LogP contribution in [-0.4, -0.2) is 37.2 Å². The van der Waals surface area contributed by atoms with Crippen molar-refractivity contribution in [2.24, 2.45) is 0 Å². The summed E-state index contributed by atoms with van der Waals surface area (Å²) >= 11 is 6.77. The van der Waals surface area contributed by atoms with Gasteiger partial charge in [0.15, 0.2) is 10.8 Å². The Morgan fingerprint density at radius 3 is 2.30 bits per heavy atom. The lowest BCUT2D eigenvalue weighted by Crippen LogP contribution is -2.29. The van der Waals surface area contributed by atoms with Crippen molar-refractivity contribution >= 4 is 40.8 Å². The van der Waals surface area contributed by atoms with Crippen LogP contribution in [0.2, 0.25) is 5.02 Å². The molecule has 0 N–H and O–H groups in total. The van der Waals surface area contributed by atoms with E-state index in [2.05, 4.69) is 10.2 Å². The number of amides is 2. The Kier molecular flexibility index (Phi) is 4.11. The number of alkyl halides is 3. The number of imide groups is 1. The lowest BCUT2D eigenvalue weighted by Gasteiger charge is -2.13. The number of carbonyl (C=O) groups excluding carboxylic acids is 2. The van der Waals surface area contributed by atoms with Gasteiger partial charge in [0.1, 0.15) is 0 Å². The number of fused-ring (bicyclic) bond motifs is 2. The summed E-state index contributed by atoms with van der Waals surface area (Å²) in [4.78, 5) is 25.7. The Morgan fingerprint density at radius 2 is 1.70 bits per heavy atom. The van der Waals surface area contributed by atoms with Gasteiger partial charge < -0.3 is 0 Å². The summed E-state index contributed by atoms with van der Waals surface area (Å²) in [6.45, 7) is 0. The SMILES string of the molecule is O=C1c2ccccc2C(=O)N1CSc1nnc2c(Cl)cc(C(F)(F)F)cn12. The maximum atomic E-state index is 13.0. The van der Waals surface area contributed by atoms with Gasteiger partial charge in [-0.2, -0.15) is 13.2 Å². The molecule has 0 fully saturated rings. The maximum Gasteiger partial charge on any atom is 0.417 e. The van der Waals surface area contributed by atoms with Crippen molar-refractivity contribution in [1.29, 1.82) is 0 Å². The minimum Gasteiger partial charge on any atom is -0.276 e. The van der Waals surface area contributed by atoms with E-state index in [4.69, 9.17) is 11.6 Å². The topological polar surface area (TPSA) is 67.6 Å². The van der Waals surface area contributed by atoms with Crippen molar-refractivity contribution in [2.45, 2.75) is 11.3 Å². The fourth-order valence-corrected chi connectivity index (χ4v) is 3.77. The largest absolute Gasteiger partial charge is 0.417 e. The molecule has 0 saturated heterocycles. The van der Waals surface area contributed by atoms with Crippen LogP contribution in [0.4, 0.5) is 13.2 Å². The zero-order valence-corrected chi connectivity index (χ0v) is 14.8. The fraction of sp³-hybridized carbons (Fsp3) is 0.125. The van der Waals surface area contributed by atoms with Crippen molar-refractivity contribution in [3.05, 3.63) is 58.2 Å². The molecule has 1 aliphatic heterocycles. The number of benzene rings is 1. The molecule has 6 nitrogen and oxygen atoms in total. The highest BCUT2D eigenvalue weighted by atomic mass is 35.5. The Morgan fingerprint density at radius 1 is 1.07 bits per heavy atom. The Balaban J connectivity index is 1.63. The average molecular weight is 413 g/mol. The summed E-state index contributed by atoms with van der Waals surface area (Å²) in [6.07, 6.45) is -3.77. The molecule has 0 saturated carbocycles. The van der Waals surface area contributed by atoms with Gasteiger partial charge in [-0.25, -0.2) is 0 Å². The van der Waals surface area contributed by atoms with Crippen LogP contribution < -0.4 is 0 Å². The molecule has 0 spiro atoms. The summed E-state index contributed by atoms with van der Waals surface area (Å²) < 4.78 is 40.1. The molecule has 2 amide bonds. The number of pyridine rings is 1. The van der Waals surface area contributed by atoms with Crippen LogP contribution in [0.1, 0.15) is 26.3 Å². The Hall–Kier alpha value is -2.59. The second-order valence-electron chi connectivity index (χ2n) is 5.61. The van der Waals surface area contributed by atoms with Gasteiger partial charge in [0.25, 0.3) is 11.8 Å². The summed E-state index contributed by atoms with van der Waals surface area (Å²) in [7, 11) is 0. The highest BCUT2D eigenvalue weighted by Crippen LogP contribution is 2.34. The molecule has 0 bridgehead atoms. The van der Waals surface area contributed by atoms with Gasteiger partial charge in [0.05, 0.1) is 27.6 Å². The molecule has 11 heteroatoms. The minimum absolute atomic E-state index is 0.0505. The normalized spacial score (nSPS) is 14.3. The highest BCUT2D eigenvalue weighted by molar-refractivity contribution is 7.99. The first-order valence-corrected chi connectivity index (χ1v) is 8.83. The van der Waals surface area contributed by atoms with E-state index in [9.17, 15) is 22.8 Å². The van der Waals surface area contributed by atoms with Gasteiger partial charge in [0.2, 0.25) is 0 Å². The van der Waals surface area contributed by atoms with E-state index in [-0.39, 0.29) is 32.8 Å². The van der Waals surface area contributed by atoms with E-state index < -0.39 is 23.6 Å². The monoisotopic (exact) mass is 412 g/mol. The molecule has 0 atom stereocenters. The predicted molar refractivity (Wildman–Crippen MR) is 90.7 cm³/mol. The van der Waals surface area contributed by atoms with Crippen LogP contribution >= 0.6 is 23.4 Å². The second-order valence-corrected chi connectivity index (χ2v) is 6.93. The number of hydrogen-bond donors (Lipinski definition) is 0. The smallest absolute Gasteiger partial charge is 0.276 e. The first kappa shape index (κ1) is 17.8. The Labute approximate surface area is 158 Å². The minimum atomic E-state index is -4.59. The number of thioether (sulfide) groups is 1. The second kappa shape index (κ2) is 6.24. The Bertz CT molecular complexity index is 1060. The summed E-state index contributed by atoms with van der Waals surface area (Å²) in [6, 6.07) is 7.15. The molecule has 27 heavy (non-hydrogen) atoms. The molecule has 0 radical (unpaired) electrons. The van der Waals surface area contributed by atoms with Gasteiger partial charge in [-0.1, -0.05) is 35.5 Å². The first-order chi connectivity index (χ1) is 12.8. The van der Waals surface area contributed by atoms with Crippen LogP contribution in [0.15, 0.2) is 41.7 Å². The van der Waals surface area contributed by atoms with Gasteiger partial charge in [-0.05, 0) is 18.2 Å². The zero-order valence-electron chi connectivity index (χ0n) is 13.2. The van der Waals surface area contributed by atoms with Crippen molar-refractivity contribution in [1.82, 2.24) is 19.5 Å². The molecule has 2 aromatic heterocycles. The number of rotatable bonds is 3. The number of carbonyl (C=O) groups is 2. The van der Waals surface area contributed by atoms with E-state index in [0.29, 0.717) is 0 Å². The van der Waals surface area contributed by atoms with Crippen LogP contribution in [0.5, 0.6) is 0 Å². The first-order valence-electron chi connectivity index (χ1n) is 7.47. The van der Waals surface area contributed by atoms with E-state index in [0.717, 1.165) is 33.3 Å². The molecule has 3 aromatic rings. The van der Waals surface area contributed by atoms with Crippen LogP contribution in [0, 0.1) is 0 Å². The van der Waals surface area contributed by atoms with Crippen molar-refractivity contribution in [3.63, 3.8) is 0 Å². The summed E-state index contributed by atoms with van der Waals surface area (Å²) in [5.74, 6) is -1.06. The average Bonchev–Trinajstić information content (AvgIpc) is 3.14. The van der Waals surface area contributed by atoms with Crippen molar-refractivity contribution < 1.29 is 22.8 Å². The molecule has 0 aliphatic carbocycles. The molecule has 4 rings (SSSR count). The van der Waals surface area contributed by atoms with Crippen LogP contribution in [-0.2, 0) is 6.18 Å². The van der Waals surface area contributed by atoms with Crippen LogP contribution in [0.25, 0.3) is 5.65 Å². The molecular formula is C16H8ClF3N4O2S. The summed E-state index contributed by atoms with van der Waals surface area (Å²) in [5, 5.41) is 7.46. The van der Waals surface area contributed by atoms with Gasteiger partial charge in [0, 0.05) is 6.20 Å². The molecule has 0 unspecified atom stereocenters. The standard InChI is InChI=1S/C16H8ClF3N4O2S/c17-11-5-8(16(18,19)20)6-23-12(11)21-22-15(23)27-7-24-13(25)9-3-1-2-4-10(9)14(24)26/h1-6H,7H2. The lowest BCUT2D eigenvalue weighted by molar-refractivity contribution is -0.137. The molecule has 1 aliphatic rings. The van der Waals surface area contributed by atoms with Crippen LogP contribution in [0.3, 0.4) is 0 Å². The van der Waals surface area contributed by atoms with Crippen molar-refractivity contribution in [2.75, 3.05) is 5.88 Å². The van der Waals surface area contributed by atoms with E-state index in [1.807, 2.05) is 0 Å². The molecule has 3 heterocycles. The zero-order chi connectivity index (χ0) is 19.3. The van der Waals surface area contributed by atoms with E-state index in [1.54, 1.807) is 24.3 Å². The fourth-order valence-electron chi connectivity index (χ4n) is 2.67.